The molecule has 3 aromatic heterocycles. The predicted molar refractivity (Wildman–Crippen MR) is 96.7 cm³/mol. The van der Waals surface area contributed by atoms with E-state index in [4.69, 9.17) is 0 Å². The third-order valence-corrected chi connectivity index (χ3v) is 4.68. The van der Waals surface area contributed by atoms with E-state index in [1.54, 1.807) is 29.0 Å². The van der Waals surface area contributed by atoms with Crippen LogP contribution in [0.1, 0.15) is 5.56 Å². The van der Waals surface area contributed by atoms with Crippen molar-refractivity contribution >= 4 is 23.1 Å². The summed E-state index contributed by atoms with van der Waals surface area (Å²) in [6.07, 6.45) is 3.42. The van der Waals surface area contributed by atoms with Gasteiger partial charge >= 0.3 is 0 Å². The molecule has 0 aliphatic rings. The van der Waals surface area contributed by atoms with Crippen LogP contribution in [0.5, 0.6) is 0 Å². The SMILES string of the molecule is O=[N+]([O-])c1ccc(CSc2ccc3nnc(-c4cccnc4)n3n2)cc1. The van der Waals surface area contributed by atoms with Crippen LogP contribution >= 0.6 is 11.8 Å². The second-order valence-electron chi connectivity index (χ2n) is 5.42. The molecule has 0 radical (unpaired) electrons. The Morgan fingerprint density at radius 3 is 2.65 bits per heavy atom. The highest BCUT2D eigenvalue weighted by Gasteiger charge is 2.10. The number of pyridine rings is 1. The number of benzene rings is 1. The van der Waals surface area contributed by atoms with Crippen LogP contribution in [0.2, 0.25) is 0 Å². The fourth-order valence-electron chi connectivity index (χ4n) is 2.40. The molecule has 0 bridgehead atoms. The van der Waals surface area contributed by atoms with Gasteiger partial charge in [-0.3, -0.25) is 15.1 Å². The molecule has 0 N–H and O–H groups in total. The van der Waals surface area contributed by atoms with Crippen LogP contribution in [0.15, 0.2) is 66.0 Å². The summed E-state index contributed by atoms with van der Waals surface area (Å²) in [7, 11) is 0. The third-order valence-electron chi connectivity index (χ3n) is 3.69. The molecule has 9 heteroatoms. The second-order valence-corrected chi connectivity index (χ2v) is 6.41. The molecule has 0 atom stereocenters. The Balaban J connectivity index is 1.56. The van der Waals surface area contributed by atoms with Crippen molar-refractivity contribution < 1.29 is 4.92 Å². The first-order chi connectivity index (χ1) is 12.7. The van der Waals surface area contributed by atoms with Gasteiger partial charge in [0.05, 0.1) is 4.92 Å². The lowest BCUT2D eigenvalue weighted by atomic mass is 10.2. The van der Waals surface area contributed by atoms with Crippen molar-refractivity contribution in [3.63, 3.8) is 0 Å². The average molecular weight is 364 g/mol. The van der Waals surface area contributed by atoms with Gasteiger partial charge in [0.1, 0.15) is 5.03 Å². The van der Waals surface area contributed by atoms with Crippen molar-refractivity contribution in [2.45, 2.75) is 10.8 Å². The molecular weight excluding hydrogens is 352 g/mol. The van der Waals surface area contributed by atoms with Gasteiger partial charge in [-0.25, -0.2) is 0 Å². The quantitative estimate of drug-likeness (QED) is 0.304. The lowest BCUT2D eigenvalue weighted by Crippen LogP contribution is -1.97. The molecule has 0 fully saturated rings. The Morgan fingerprint density at radius 1 is 1.08 bits per heavy atom. The van der Waals surface area contributed by atoms with E-state index in [0.29, 0.717) is 17.2 Å². The number of thioether (sulfide) groups is 1. The van der Waals surface area contributed by atoms with Gasteiger partial charge in [0.15, 0.2) is 11.5 Å². The molecule has 8 nitrogen and oxygen atoms in total. The zero-order valence-corrected chi connectivity index (χ0v) is 14.2. The number of hydrogen-bond acceptors (Lipinski definition) is 7. The van der Waals surface area contributed by atoms with E-state index < -0.39 is 4.92 Å². The molecule has 0 spiro atoms. The van der Waals surface area contributed by atoms with E-state index in [0.717, 1.165) is 16.2 Å². The first-order valence-electron chi connectivity index (χ1n) is 7.70. The highest BCUT2D eigenvalue weighted by molar-refractivity contribution is 7.98. The molecule has 0 saturated heterocycles. The molecule has 3 heterocycles. The molecule has 0 aliphatic heterocycles. The predicted octanol–water partition coefficient (Wildman–Crippen LogP) is 3.39. The maximum Gasteiger partial charge on any atom is 0.269 e. The summed E-state index contributed by atoms with van der Waals surface area (Å²) in [5.74, 6) is 1.28. The lowest BCUT2D eigenvalue weighted by Gasteiger charge is -2.03. The average Bonchev–Trinajstić information content (AvgIpc) is 3.10. The van der Waals surface area contributed by atoms with Gasteiger partial charge in [-0.2, -0.15) is 9.61 Å². The van der Waals surface area contributed by atoms with Crippen LogP contribution in [0.3, 0.4) is 0 Å². The monoisotopic (exact) mass is 364 g/mol. The molecule has 0 amide bonds. The fourth-order valence-corrected chi connectivity index (χ4v) is 3.21. The largest absolute Gasteiger partial charge is 0.269 e. The minimum Gasteiger partial charge on any atom is -0.264 e. The number of hydrogen-bond donors (Lipinski definition) is 0. The van der Waals surface area contributed by atoms with E-state index in [2.05, 4.69) is 20.3 Å². The van der Waals surface area contributed by atoms with Crippen molar-refractivity contribution in [2.24, 2.45) is 0 Å². The summed E-state index contributed by atoms with van der Waals surface area (Å²) in [5, 5.41) is 24.4. The summed E-state index contributed by atoms with van der Waals surface area (Å²) in [4.78, 5) is 14.4. The molecular formula is C17H12N6O2S. The maximum absolute atomic E-state index is 10.7. The molecule has 1 aromatic carbocycles. The van der Waals surface area contributed by atoms with Gasteiger partial charge in [-0.05, 0) is 29.8 Å². The van der Waals surface area contributed by atoms with Crippen molar-refractivity contribution in [1.29, 1.82) is 0 Å². The van der Waals surface area contributed by atoms with Crippen molar-refractivity contribution in [1.82, 2.24) is 24.8 Å². The van der Waals surface area contributed by atoms with Crippen LogP contribution in [-0.2, 0) is 5.75 Å². The van der Waals surface area contributed by atoms with Crippen LogP contribution in [0.25, 0.3) is 17.0 Å². The smallest absolute Gasteiger partial charge is 0.264 e. The van der Waals surface area contributed by atoms with Crippen LogP contribution in [-0.4, -0.2) is 29.7 Å². The van der Waals surface area contributed by atoms with Gasteiger partial charge in [-0.1, -0.05) is 23.9 Å². The number of non-ortho nitro benzene ring substituents is 1. The zero-order chi connectivity index (χ0) is 17.9. The standard InChI is InChI=1S/C17H12N6O2S/c24-23(25)14-5-3-12(4-6-14)11-26-16-8-7-15-19-20-17(22(15)21-16)13-2-1-9-18-10-13/h1-10H,11H2. The fraction of sp³-hybridized carbons (Fsp3) is 0.0588. The summed E-state index contributed by atoms with van der Waals surface area (Å²) in [5.41, 5.74) is 2.57. The van der Waals surface area contributed by atoms with Gasteiger partial charge in [0.2, 0.25) is 0 Å². The van der Waals surface area contributed by atoms with E-state index in [1.165, 1.54) is 23.9 Å². The molecule has 4 aromatic rings. The highest BCUT2D eigenvalue weighted by Crippen LogP contribution is 2.24. The van der Waals surface area contributed by atoms with E-state index in [-0.39, 0.29) is 5.69 Å². The normalized spacial score (nSPS) is 10.9. The number of fused-ring (bicyclic) bond motifs is 1. The Morgan fingerprint density at radius 2 is 1.92 bits per heavy atom. The molecule has 0 unspecified atom stereocenters. The first-order valence-corrected chi connectivity index (χ1v) is 8.68. The first kappa shape index (κ1) is 16.2. The summed E-state index contributed by atoms with van der Waals surface area (Å²) >= 11 is 1.54. The molecule has 26 heavy (non-hydrogen) atoms. The minimum atomic E-state index is -0.404. The lowest BCUT2D eigenvalue weighted by molar-refractivity contribution is -0.384. The molecule has 0 aliphatic carbocycles. The summed E-state index contributed by atoms with van der Waals surface area (Å²) in [6, 6.07) is 14.0. The third kappa shape index (κ3) is 3.24. The number of rotatable bonds is 5. The molecule has 0 saturated carbocycles. The van der Waals surface area contributed by atoms with E-state index in [1.807, 2.05) is 24.3 Å². The van der Waals surface area contributed by atoms with E-state index >= 15 is 0 Å². The minimum absolute atomic E-state index is 0.0869. The van der Waals surface area contributed by atoms with E-state index in [9.17, 15) is 10.1 Å². The Hall–Kier alpha value is -3.33. The Kier molecular flexibility index (Phi) is 4.28. The number of nitro groups is 1. The number of aromatic nitrogens is 5. The zero-order valence-electron chi connectivity index (χ0n) is 13.4. The van der Waals surface area contributed by atoms with Crippen molar-refractivity contribution in [3.05, 3.63) is 76.6 Å². The van der Waals surface area contributed by atoms with Crippen molar-refractivity contribution in [3.8, 4) is 11.4 Å². The van der Waals surface area contributed by atoms with Gasteiger partial charge in [-0.15, -0.1) is 10.2 Å². The number of nitro benzene ring substituents is 1. The van der Waals surface area contributed by atoms with Gasteiger partial charge in [0.25, 0.3) is 5.69 Å². The Bertz CT molecular complexity index is 1070. The second kappa shape index (κ2) is 6.89. The highest BCUT2D eigenvalue weighted by atomic mass is 32.2. The number of nitrogens with zero attached hydrogens (tertiary/aromatic N) is 6. The Labute approximate surface area is 152 Å². The van der Waals surface area contributed by atoms with Crippen LogP contribution in [0.4, 0.5) is 5.69 Å². The molecule has 128 valence electrons. The van der Waals surface area contributed by atoms with Crippen LogP contribution in [0, 0.1) is 10.1 Å². The summed E-state index contributed by atoms with van der Waals surface area (Å²) < 4.78 is 1.69. The topological polar surface area (TPSA) is 99.1 Å². The van der Waals surface area contributed by atoms with Crippen molar-refractivity contribution in [2.75, 3.05) is 0 Å². The molecule has 4 rings (SSSR count). The van der Waals surface area contributed by atoms with Crippen LogP contribution < -0.4 is 0 Å². The summed E-state index contributed by atoms with van der Waals surface area (Å²) in [6.45, 7) is 0. The van der Waals surface area contributed by atoms with Gasteiger partial charge in [0, 0.05) is 35.8 Å². The maximum atomic E-state index is 10.7. The van der Waals surface area contributed by atoms with Gasteiger partial charge < -0.3 is 0 Å².